The number of esters is 2. The maximum absolute atomic E-state index is 12.1. The Bertz CT molecular complexity index is 913. The number of carbonyl (C=O) groups excluding carboxylic acids is 4. The molecule has 0 saturated carbocycles. The van der Waals surface area contributed by atoms with Gasteiger partial charge in [-0.15, -0.1) is 0 Å². The number of hydrogen-bond acceptors (Lipinski definition) is 7. The summed E-state index contributed by atoms with van der Waals surface area (Å²) in [5.74, 6) is -3.50. The first kappa shape index (κ1) is 20.7. The molecule has 1 heterocycles. The zero-order valence-electron chi connectivity index (χ0n) is 15.7. The van der Waals surface area contributed by atoms with Gasteiger partial charge in [-0.3, -0.25) is 14.9 Å². The summed E-state index contributed by atoms with van der Waals surface area (Å²) in [5.41, 5.74) is 6.09. The van der Waals surface area contributed by atoms with E-state index in [-0.39, 0.29) is 34.9 Å². The number of ether oxygens (including phenoxy) is 2. The lowest BCUT2D eigenvalue weighted by atomic mass is 10.1. The lowest BCUT2D eigenvalue weighted by Crippen LogP contribution is -2.23. The number of anilines is 1. The fourth-order valence-electron chi connectivity index (χ4n) is 2.38. The normalized spacial score (nSPS) is 10.2. The number of carbonyl (C=O) groups is 4. The SMILES string of the molecule is CCOC(=O)c1c(C)oc(NC(=O)COC(=O)c2ccc(C)cc2)c1C(N)=O. The zero-order chi connectivity index (χ0) is 20.8. The van der Waals surface area contributed by atoms with Gasteiger partial charge >= 0.3 is 11.9 Å². The van der Waals surface area contributed by atoms with Crippen molar-refractivity contribution < 1.29 is 33.1 Å². The Morgan fingerprint density at radius 3 is 2.21 bits per heavy atom. The van der Waals surface area contributed by atoms with Crippen molar-refractivity contribution in [3.05, 3.63) is 52.3 Å². The average molecular weight is 388 g/mol. The van der Waals surface area contributed by atoms with E-state index in [1.807, 2.05) is 6.92 Å². The van der Waals surface area contributed by atoms with Crippen molar-refractivity contribution in [2.45, 2.75) is 20.8 Å². The highest BCUT2D eigenvalue weighted by molar-refractivity contribution is 6.10. The van der Waals surface area contributed by atoms with Gasteiger partial charge in [-0.25, -0.2) is 9.59 Å². The first-order chi connectivity index (χ1) is 13.2. The topological polar surface area (TPSA) is 138 Å². The number of rotatable bonds is 7. The molecule has 9 nitrogen and oxygen atoms in total. The van der Waals surface area contributed by atoms with Crippen LogP contribution in [-0.4, -0.2) is 37.0 Å². The molecule has 1 aromatic heterocycles. The van der Waals surface area contributed by atoms with E-state index in [4.69, 9.17) is 19.6 Å². The van der Waals surface area contributed by atoms with E-state index in [1.54, 1.807) is 31.2 Å². The van der Waals surface area contributed by atoms with Gasteiger partial charge in [0.15, 0.2) is 6.61 Å². The standard InChI is InChI=1S/C19H20N2O7/c1-4-26-19(25)14-11(3)28-17(15(14)16(20)23)21-13(22)9-27-18(24)12-7-5-10(2)6-8-12/h5-8H,4,9H2,1-3H3,(H2,20,23)(H,21,22). The minimum Gasteiger partial charge on any atom is -0.462 e. The molecule has 0 radical (unpaired) electrons. The first-order valence-electron chi connectivity index (χ1n) is 8.38. The van der Waals surface area contributed by atoms with Crippen molar-refractivity contribution in [3.8, 4) is 0 Å². The first-order valence-corrected chi connectivity index (χ1v) is 8.38. The molecule has 0 saturated heterocycles. The number of amides is 2. The summed E-state index contributed by atoms with van der Waals surface area (Å²) in [6, 6.07) is 6.61. The quantitative estimate of drug-likeness (QED) is 0.692. The summed E-state index contributed by atoms with van der Waals surface area (Å²) in [6.07, 6.45) is 0. The lowest BCUT2D eigenvalue weighted by molar-refractivity contribution is -0.119. The second-order valence-electron chi connectivity index (χ2n) is 5.81. The van der Waals surface area contributed by atoms with Gasteiger partial charge < -0.3 is 19.6 Å². The van der Waals surface area contributed by atoms with Crippen molar-refractivity contribution in [2.75, 3.05) is 18.5 Å². The highest BCUT2D eigenvalue weighted by Crippen LogP contribution is 2.27. The molecule has 1 aromatic carbocycles. The number of primary amides is 1. The molecule has 0 unspecified atom stereocenters. The van der Waals surface area contributed by atoms with Crippen LogP contribution in [0.5, 0.6) is 0 Å². The van der Waals surface area contributed by atoms with Gasteiger partial charge in [-0.2, -0.15) is 0 Å². The van der Waals surface area contributed by atoms with Gasteiger partial charge in [-0.1, -0.05) is 17.7 Å². The number of furan rings is 1. The van der Waals surface area contributed by atoms with Crippen LogP contribution in [0.4, 0.5) is 5.88 Å². The molecule has 0 aliphatic heterocycles. The highest BCUT2D eigenvalue weighted by Gasteiger charge is 2.29. The fourth-order valence-corrected chi connectivity index (χ4v) is 2.38. The molecule has 0 aliphatic carbocycles. The second kappa shape index (κ2) is 8.85. The molecule has 3 N–H and O–H groups in total. The molecule has 0 bridgehead atoms. The molecule has 0 fully saturated rings. The zero-order valence-corrected chi connectivity index (χ0v) is 15.7. The Morgan fingerprint density at radius 1 is 1.00 bits per heavy atom. The van der Waals surface area contributed by atoms with E-state index < -0.39 is 30.4 Å². The third-order valence-electron chi connectivity index (χ3n) is 3.68. The van der Waals surface area contributed by atoms with Gasteiger partial charge in [0.1, 0.15) is 16.9 Å². The van der Waals surface area contributed by atoms with Gasteiger partial charge in [0.25, 0.3) is 11.8 Å². The summed E-state index contributed by atoms with van der Waals surface area (Å²) >= 11 is 0. The molecule has 28 heavy (non-hydrogen) atoms. The minimum atomic E-state index is -0.980. The van der Waals surface area contributed by atoms with Crippen LogP contribution in [0.15, 0.2) is 28.7 Å². The average Bonchev–Trinajstić information content (AvgIpc) is 2.96. The Morgan fingerprint density at radius 2 is 1.64 bits per heavy atom. The maximum atomic E-state index is 12.1. The summed E-state index contributed by atoms with van der Waals surface area (Å²) < 4.78 is 15.1. The van der Waals surface area contributed by atoms with E-state index in [0.717, 1.165) is 5.56 Å². The molecule has 9 heteroatoms. The van der Waals surface area contributed by atoms with Crippen LogP contribution < -0.4 is 11.1 Å². The van der Waals surface area contributed by atoms with E-state index in [9.17, 15) is 19.2 Å². The Balaban J connectivity index is 2.10. The van der Waals surface area contributed by atoms with Crippen LogP contribution in [0.25, 0.3) is 0 Å². The van der Waals surface area contributed by atoms with Crippen molar-refractivity contribution in [3.63, 3.8) is 0 Å². The number of benzene rings is 1. The third-order valence-corrected chi connectivity index (χ3v) is 3.68. The molecule has 2 amide bonds. The van der Waals surface area contributed by atoms with Crippen LogP contribution in [0.1, 0.15) is 49.3 Å². The summed E-state index contributed by atoms with van der Waals surface area (Å²) in [5, 5.41) is 2.27. The van der Waals surface area contributed by atoms with Gasteiger partial charge in [0.05, 0.1) is 12.2 Å². The summed E-state index contributed by atoms with van der Waals surface area (Å²) in [7, 11) is 0. The molecular formula is C19H20N2O7. The van der Waals surface area contributed by atoms with Crippen LogP contribution in [0.2, 0.25) is 0 Å². The Hall–Kier alpha value is -3.62. The maximum Gasteiger partial charge on any atom is 0.342 e. The van der Waals surface area contributed by atoms with E-state index in [1.165, 1.54) is 6.92 Å². The van der Waals surface area contributed by atoms with Crippen LogP contribution in [0.3, 0.4) is 0 Å². The smallest absolute Gasteiger partial charge is 0.342 e. The van der Waals surface area contributed by atoms with Gasteiger partial charge in [0, 0.05) is 0 Å². The fraction of sp³-hybridized carbons (Fsp3) is 0.263. The lowest BCUT2D eigenvalue weighted by Gasteiger charge is -2.06. The van der Waals surface area contributed by atoms with Crippen molar-refractivity contribution in [2.24, 2.45) is 5.73 Å². The van der Waals surface area contributed by atoms with E-state index >= 15 is 0 Å². The van der Waals surface area contributed by atoms with Crippen molar-refractivity contribution in [1.82, 2.24) is 0 Å². The van der Waals surface area contributed by atoms with E-state index in [0.29, 0.717) is 0 Å². The van der Waals surface area contributed by atoms with Gasteiger partial charge in [-0.05, 0) is 32.9 Å². The van der Waals surface area contributed by atoms with Crippen LogP contribution in [0, 0.1) is 13.8 Å². The van der Waals surface area contributed by atoms with Gasteiger partial charge in [0.2, 0.25) is 5.88 Å². The summed E-state index contributed by atoms with van der Waals surface area (Å²) in [6.45, 7) is 4.35. The minimum absolute atomic E-state index is 0.0548. The molecular weight excluding hydrogens is 368 g/mol. The van der Waals surface area contributed by atoms with Crippen LogP contribution >= 0.6 is 0 Å². The molecule has 0 atom stereocenters. The summed E-state index contributed by atoms with van der Waals surface area (Å²) in [4.78, 5) is 47.8. The molecule has 0 spiro atoms. The van der Waals surface area contributed by atoms with Crippen molar-refractivity contribution in [1.29, 1.82) is 0 Å². The van der Waals surface area contributed by atoms with Crippen molar-refractivity contribution >= 4 is 29.6 Å². The van der Waals surface area contributed by atoms with Crippen LogP contribution in [-0.2, 0) is 14.3 Å². The predicted molar refractivity (Wildman–Crippen MR) is 98.0 cm³/mol. The number of aryl methyl sites for hydroxylation is 2. The number of nitrogens with one attached hydrogen (secondary N) is 1. The largest absolute Gasteiger partial charge is 0.462 e. The monoisotopic (exact) mass is 388 g/mol. The molecule has 148 valence electrons. The molecule has 2 aromatic rings. The highest BCUT2D eigenvalue weighted by atomic mass is 16.5. The molecule has 0 aliphatic rings. The number of hydrogen-bond donors (Lipinski definition) is 2. The Kier molecular flexibility index (Phi) is 6.54. The third kappa shape index (κ3) is 4.76. The second-order valence-corrected chi connectivity index (χ2v) is 5.81. The predicted octanol–water partition coefficient (Wildman–Crippen LogP) is 1.97. The van der Waals surface area contributed by atoms with E-state index in [2.05, 4.69) is 5.32 Å². The molecule has 2 rings (SSSR count). The number of nitrogens with two attached hydrogens (primary N) is 1. The Labute approximate surface area is 160 Å².